The molecule has 1 N–H and O–H groups in total. The van der Waals surface area contributed by atoms with Gasteiger partial charge >= 0.3 is 0 Å². The first kappa shape index (κ1) is 18.6. The maximum Gasteiger partial charge on any atom is 0.251 e. The minimum absolute atomic E-state index is 0.0763. The number of aryl methyl sites for hydroxylation is 1. The molecule has 1 saturated heterocycles. The van der Waals surface area contributed by atoms with E-state index in [0.717, 1.165) is 37.1 Å². The third kappa shape index (κ3) is 3.51. The highest BCUT2D eigenvalue weighted by atomic mass is 19.1. The number of amides is 2. The fourth-order valence-corrected chi connectivity index (χ4v) is 4.57. The first-order valence-corrected chi connectivity index (χ1v) is 9.78. The van der Waals surface area contributed by atoms with Gasteiger partial charge in [-0.15, -0.1) is 0 Å². The number of aromatic nitrogens is 1. The number of benzene rings is 1. The van der Waals surface area contributed by atoms with Crippen molar-refractivity contribution in [1.29, 1.82) is 0 Å². The molecule has 1 saturated carbocycles. The van der Waals surface area contributed by atoms with Crippen LogP contribution in [0.2, 0.25) is 0 Å². The Kier molecular flexibility index (Phi) is 4.87. The quantitative estimate of drug-likeness (QED) is 0.883. The number of anilines is 1. The Morgan fingerprint density at radius 1 is 1.29 bits per heavy atom. The highest BCUT2D eigenvalue weighted by Gasteiger charge is 2.49. The number of halogens is 1. The van der Waals surface area contributed by atoms with Crippen LogP contribution >= 0.6 is 0 Å². The van der Waals surface area contributed by atoms with Crippen LogP contribution in [-0.2, 0) is 4.79 Å². The van der Waals surface area contributed by atoms with Crippen molar-refractivity contribution in [2.75, 3.05) is 11.4 Å². The lowest BCUT2D eigenvalue weighted by atomic mass is 9.71. The van der Waals surface area contributed by atoms with Gasteiger partial charge in [-0.1, -0.05) is 12.5 Å². The summed E-state index contributed by atoms with van der Waals surface area (Å²) in [6, 6.07) is 9.42. The summed E-state index contributed by atoms with van der Waals surface area (Å²) < 4.78 is 13.4. The molecule has 2 aliphatic rings. The molecule has 6 heteroatoms. The second kappa shape index (κ2) is 7.34. The van der Waals surface area contributed by atoms with Gasteiger partial charge in [0.05, 0.1) is 5.41 Å². The van der Waals surface area contributed by atoms with Gasteiger partial charge in [-0.3, -0.25) is 14.6 Å². The van der Waals surface area contributed by atoms with E-state index < -0.39 is 11.2 Å². The SMILES string of the molecule is Cc1cc(N2CC[C@]3(CCC[C@@H](NC(=O)c4cccc(F)c4)C3)C2=O)ccn1. The van der Waals surface area contributed by atoms with E-state index in [2.05, 4.69) is 10.3 Å². The Balaban J connectivity index is 1.47. The number of pyridine rings is 1. The number of carbonyl (C=O) groups is 2. The van der Waals surface area contributed by atoms with E-state index in [1.54, 1.807) is 12.3 Å². The monoisotopic (exact) mass is 381 g/mol. The Hall–Kier alpha value is -2.76. The van der Waals surface area contributed by atoms with Gasteiger partial charge < -0.3 is 10.2 Å². The van der Waals surface area contributed by atoms with Crippen LogP contribution < -0.4 is 10.2 Å². The molecule has 1 aromatic heterocycles. The van der Waals surface area contributed by atoms with Crippen LogP contribution in [0.25, 0.3) is 0 Å². The van der Waals surface area contributed by atoms with Gasteiger partial charge in [-0.2, -0.15) is 0 Å². The molecule has 146 valence electrons. The number of nitrogens with zero attached hydrogens (tertiary/aromatic N) is 2. The van der Waals surface area contributed by atoms with Crippen molar-refractivity contribution in [3.8, 4) is 0 Å². The van der Waals surface area contributed by atoms with Crippen molar-refractivity contribution in [2.45, 2.75) is 45.1 Å². The van der Waals surface area contributed by atoms with Crippen LogP contribution in [0.1, 0.15) is 48.2 Å². The number of rotatable bonds is 3. The van der Waals surface area contributed by atoms with E-state index in [1.807, 2.05) is 24.0 Å². The summed E-state index contributed by atoms with van der Waals surface area (Å²) in [5.74, 6) is -0.571. The molecule has 2 atom stereocenters. The number of nitrogens with one attached hydrogen (secondary N) is 1. The first-order valence-electron chi connectivity index (χ1n) is 9.78. The molecule has 1 aliphatic carbocycles. The average molecular weight is 381 g/mol. The van der Waals surface area contributed by atoms with Gasteiger partial charge in [0.2, 0.25) is 5.91 Å². The van der Waals surface area contributed by atoms with Gasteiger partial charge in [0.25, 0.3) is 5.91 Å². The maximum absolute atomic E-state index is 13.4. The van der Waals surface area contributed by atoms with Gasteiger partial charge in [0.15, 0.2) is 0 Å². The molecular weight excluding hydrogens is 357 g/mol. The smallest absolute Gasteiger partial charge is 0.251 e. The number of carbonyl (C=O) groups excluding carboxylic acids is 2. The number of hydrogen-bond acceptors (Lipinski definition) is 3. The summed E-state index contributed by atoms with van der Waals surface area (Å²) in [6.45, 7) is 2.60. The second-order valence-electron chi connectivity index (χ2n) is 7.92. The van der Waals surface area contributed by atoms with Crippen LogP contribution in [0.15, 0.2) is 42.6 Å². The molecule has 2 heterocycles. The highest BCUT2D eigenvalue weighted by Crippen LogP contribution is 2.46. The molecule has 1 aromatic carbocycles. The zero-order chi connectivity index (χ0) is 19.7. The van der Waals surface area contributed by atoms with E-state index in [9.17, 15) is 14.0 Å². The fraction of sp³-hybridized carbons (Fsp3) is 0.409. The molecule has 5 nitrogen and oxygen atoms in total. The summed E-state index contributed by atoms with van der Waals surface area (Å²) in [7, 11) is 0. The molecule has 4 rings (SSSR count). The zero-order valence-electron chi connectivity index (χ0n) is 16.0. The Labute approximate surface area is 164 Å². The molecule has 28 heavy (non-hydrogen) atoms. The molecule has 0 unspecified atom stereocenters. The molecule has 0 bridgehead atoms. The summed E-state index contributed by atoms with van der Waals surface area (Å²) in [6.07, 6.45) is 5.73. The minimum atomic E-state index is -0.429. The molecule has 1 spiro atoms. The lowest BCUT2D eigenvalue weighted by Gasteiger charge is -2.37. The van der Waals surface area contributed by atoms with E-state index >= 15 is 0 Å². The van der Waals surface area contributed by atoms with Crippen LogP contribution in [-0.4, -0.2) is 29.4 Å². The van der Waals surface area contributed by atoms with E-state index in [-0.39, 0.29) is 17.9 Å². The first-order chi connectivity index (χ1) is 13.5. The molecular formula is C22H24FN3O2. The molecule has 2 fully saturated rings. The van der Waals surface area contributed by atoms with Crippen molar-refractivity contribution >= 4 is 17.5 Å². The molecule has 2 amide bonds. The fourth-order valence-electron chi connectivity index (χ4n) is 4.57. The minimum Gasteiger partial charge on any atom is -0.349 e. The normalized spacial score (nSPS) is 24.6. The number of hydrogen-bond donors (Lipinski definition) is 1. The van der Waals surface area contributed by atoms with Crippen molar-refractivity contribution < 1.29 is 14.0 Å². The van der Waals surface area contributed by atoms with E-state index in [4.69, 9.17) is 0 Å². The average Bonchev–Trinajstić information content (AvgIpc) is 2.97. The summed E-state index contributed by atoms with van der Waals surface area (Å²) >= 11 is 0. The van der Waals surface area contributed by atoms with Crippen LogP contribution in [0.3, 0.4) is 0 Å². The Morgan fingerprint density at radius 2 is 2.14 bits per heavy atom. The van der Waals surface area contributed by atoms with Crippen molar-refractivity contribution in [3.05, 3.63) is 59.7 Å². The predicted octanol–water partition coefficient (Wildman–Crippen LogP) is 3.62. The standard InChI is InChI=1S/C22H24FN3O2/c1-15-12-19(7-10-24-15)26-11-9-22(21(26)28)8-3-6-18(14-22)25-20(27)16-4-2-5-17(23)13-16/h2,4-5,7,10,12-13,18H,3,6,8-9,11,14H2,1H3,(H,25,27)/t18-,22+/m1/s1. The van der Waals surface area contributed by atoms with Crippen LogP contribution in [0.5, 0.6) is 0 Å². The van der Waals surface area contributed by atoms with Gasteiger partial charge in [0, 0.05) is 35.7 Å². The van der Waals surface area contributed by atoms with Gasteiger partial charge in [-0.05, 0) is 62.9 Å². The van der Waals surface area contributed by atoms with Crippen LogP contribution in [0.4, 0.5) is 10.1 Å². The van der Waals surface area contributed by atoms with Crippen molar-refractivity contribution in [1.82, 2.24) is 10.3 Å². The van der Waals surface area contributed by atoms with Gasteiger partial charge in [0.1, 0.15) is 5.82 Å². The highest BCUT2D eigenvalue weighted by molar-refractivity contribution is 6.00. The van der Waals surface area contributed by atoms with Crippen molar-refractivity contribution in [3.63, 3.8) is 0 Å². The maximum atomic E-state index is 13.4. The molecule has 1 aliphatic heterocycles. The Morgan fingerprint density at radius 3 is 2.93 bits per heavy atom. The second-order valence-corrected chi connectivity index (χ2v) is 7.92. The molecule has 0 radical (unpaired) electrons. The van der Waals surface area contributed by atoms with E-state index in [1.165, 1.54) is 18.2 Å². The predicted molar refractivity (Wildman–Crippen MR) is 104 cm³/mol. The third-order valence-corrected chi connectivity index (χ3v) is 5.97. The largest absolute Gasteiger partial charge is 0.349 e. The van der Waals surface area contributed by atoms with Crippen LogP contribution in [0, 0.1) is 18.2 Å². The summed E-state index contributed by atoms with van der Waals surface area (Å²) in [5.41, 5.74) is 1.66. The Bertz CT molecular complexity index is 916. The lowest BCUT2D eigenvalue weighted by Crippen LogP contribution is -2.46. The van der Waals surface area contributed by atoms with Crippen molar-refractivity contribution in [2.24, 2.45) is 5.41 Å². The zero-order valence-corrected chi connectivity index (χ0v) is 16.0. The topological polar surface area (TPSA) is 62.3 Å². The van der Waals surface area contributed by atoms with E-state index in [0.29, 0.717) is 18.5 Å². The molecule has 2 aromatic rings. The summed E-state index contributed by atoms with van der Waals surface area (Å²) in [4.78, 5) is 31.8. The third-order valence-electron chi connectivity index (χ3n) is 5.97. The lowest BCUT2D eigenvalue weighted by molar-refractivity contribution is -0.127. The summed E-state index contributed by atoms with van der Waals surface area (Å²) in [5, 5.41) is 3.01. The van der Waals surface area contributed by atoms with Gasteiger partial charge in [-0.25, -0.2) is 4.39 Å².